The summed E-state index contributed by atoms with van der Waals surface area (Å²) in [6.45, 7) is 14.1. The van der Waals surface area contributed by atoms with Crippen molar-refractivity contribution in [2.75, 3.05) is 69.6 Å². The Bertz CT molecular complexity index is 3820. The summed E-state index contributed by atoms with van der Waals surface area (Å²) in [6, 6.07) is 22.5. The Morgan fingerprint density at radius 2 is 1.22 bits per heavy atom. The van der Waals surface area contributed by atoms with Gasteiger partial charge in [0.2, 0.25) is 10.0 Å². The van der Waals surface area contributed by atoms with Gasteiger partial charge in [-0.2, -0.15) is 8.78 Å². The number of amides is 2. The average molecular weight is 1370 g/mol. The number of carbonyl (C=O) groups is 2. The molecule has 2 fully saturated rings. The summed E-state index contributed by atoms with van der Waals surface area (Å²) in [6.07, 6.45) is 12.3. The monoisotopic (exact) mass is 1370 g/mol. The van der Waals surface area contributed by atoms with Crippen molar-refractivity contribution in [1.82, 2.24) is 14.8 Å². The SMILES string of the molecule is C=S1(=O)NC(=O)c2ccc3c(c2)N(C[C@@H]2CC[C@H]2[C@](C)(O)C[C@@H](NC)C[C@H](C)[C@H]1C)C[C@@]1(CCCc2cc(Cl)ccc21)CO3.C[C@@H]1[C@@H](C)C/C=C/[C@@](O)(C(F)(F)P(C)(C)=O)[C@@H]2CC[C@H]2CN2C[C@@]3(CCCc4cc(Cl)ccc43)COc3ccc(cc32)C(=O)NS1(=O)=O. The van der Waals surface area contributed by atoms with Crippen molar-refractivity contribution < 1.29 is 55.2 Å². The van der Waals surface area contributed by atoms with Crippen LogP contribution in [0.2, 0.25) is 10.0 Å². The van der Waals surface area contributed by atoms with E-state index < -0.39 is 78.1 Å². The van der Waals surface area contributed by atoms with Crippen LogP contribution in [0.5, 0.6) is 11.5 Å². The zero-order valence-electron chi connectivity index (χ0n) is 54.3. The van der Waals surface area contributed by atoms with E-state index in [1.807, 2.05) is 62.2 Å². The molecular formula is C70H92Cl2F2N5O10PS2. The van der Waals surface area contributed by atoms with Crippen LogP contribution in [0.25, 0.3) is 0 Å². The van der Waals surface area contributed by atoms with Crippen LogP contribution in [0.3, 0.4) is 0 Å². The lowest BCUT2D eigenvalue weighted by Crippen LogP contribution is -2.59. The molecule has 15 nitrogen and oxygen atoms in total. The number of hydrogen-bond acceptors (Lipinski definition) is 13. The highest BCUT2D eigenvalue weighted by Crippen LogP contribution is 2.64. The topological polar surface area (TPSA) is 204 Å². The number of benzene rings is 4. The van der Waals surface area contributed by atoms with E-state index in [1.165, 1.54) is 30.2 Å². The fraction of sp³-hybridized carbons (Fsp3) is 0.586. The van der Waals surface area contributed by atoms with Gasteiger partial charge < -0.3 is 39.4 Å². The van der Waals surface area contributed by atoms with Crippen molar-refractivity contribution in [2.45, 2.75) is 162 Å². The number of aryl methyl sites for hydroxylation is 2. The van der Waals surface area contributed by atoms with Crippen LogP contribution >= 0.6 is 30.3 Å². The number of carbonyl (C=O) groups excluding carboxylic acids is 2. The highest BCUT2D eigenvalue weighted by atomic mass is 35.5. The molecule has 0 saturated heterocycles. The predicted octanol–water partition coefficient (Wildman–Crippen LogP) is 12.2. The molecule has 22 heteroatoms. The number of nitrogens with one attached hydrogen (secondary N) is 3. The smallest absolute Gasteiger partial charge is 0.329 e. The minimum atomic E-state index is -4.17. The number of sulfonamides is 1. The van der Waals surface area contributed by atoms with Crippen LogP contribution in [0, 0.1) is 35.5 Å². The van der Waals surface area contributed by atoms with Gasteiger partial charge in [-0.25, -0.2) is 17.3 Å². The Hall–Kier alpha value is -4.72. The van der Waals surface area contributed by atoms with Crippen molar-refractivity contribution in [3.05, 3.63) is 128 Å². The van der Waals surface area contributed by atoms with Gasteiger partial charge in [-0.05, 0) is 243 Å². The predicted molar refractivity (Wildman–Crippen MR) is 365 cm³/mol. The van der Waals surface area contributed by atoms with Crippen molar-refractivity contribution in [2.24, 2.45) is 35.5 Å². The van der Waals surface area contributed by atoms with Crippen molar-refractivity contribution >= 4 is 79.1 Å². The second kappa shape index (κ2) is 25.7. The lowest BCUT2D eigenvalue weighted by Gasteiger charge is -2.51. The van der Waals surface area contributed by atoms with Crippen LogP contribution in [-0.2, 0) is 48.0 Å². The van der Waals surface area contributed by atoms with Crippen LogP contribution in [0.15, 0.2) is 84.9 Å². The molecule has 2 saturated carbocycles. The molecule has 4 heterocycles. The number of fused-ring (bicyclic) bond motifs is 8. The average Bonchev–Trinajstić information content (AvgIpc) is 0.973. The summed E-state index contributed by atoms with van der Waals surface area (Å²) in [5.41, 5.74) is -1.46. The third-order valence-electron chi connectivity index (χ3n) is 22.7. The summed E-state index contributed by atoms with van der Waals surface area (Å²) >= 11 is 12.8. The highest BCUT2D eigenvalue weighted by Gasteiger charge is 2.65. The molecule has 14 atom stereocenters. The summed E-state index contributed by atoms with van der Waals surface area (Å²) in [7, 11) is -9.35. The molecule has 12 rings (SSSR count). The number of anilines is 2. The molecule has 4 aliphatic carbocycles. The zero-order chi connectivity index (χ0) is 66.3. The van der Waals surface area contributed by atoms with E-state index in [1.54, 1.807) is 25.1 Å². The standard InChI is InChI=1S/C35H44ClF2N2O6PS.C35H48ClN3O4S/c1-22-7-5-16-34(42,35(37,38)47(3,4)43)29-12-9-26(29)19-40-20-33(15-6-8-24-17-27(36)11-13-28(24)33)21-46-31-14-10-25(18-30(31)40)32(41)39-48(44,45)23(22)2;1-22-15-28(37-4)18-34(3,41)29-11-8-26(29)19-39-20-35(14-6-7-24-16-27(36)10-12-30(24)35)21-43-32-13-9-25(17-31(32)39)33(40)38-44(5,42)23(22)2/h5,10-11,13-14,16-18,22-23,26,29,42H,6-9,12,15,19-21H2,1-4H3,(H,39,41);9-10,12-13,16-17,22-23,26,28-29,37,41H,5-8,11,14-15,18-21H2,1-4H3,(H,38,40,42)/b16-5+;/t22-,23+,26-,29+,33-,34-;22-,23+,26-,28-,29+,34+,35-,44?/m00/s1. The molecule has 92 heavy (non-hydrogen) atoms. The number of rotatable bonds is 3. The maximum Gasteiger partial charge on any atom is 0.329 e. The van der Waals surface area contributed by atoms with Crippen LogP contribution in [-0.4, -0.2) is 134 Å². The van der Waals surface area contributed by atoms with Gasteiger partial charge in [-0.15, -0.1) is 0 Å². The molecule has 4 aromatic rings. The maximum absolute atomic E-state index is 16.2. The van der Waals surface area contributed by atoms with E-state index in [9.17, 15) is 37.0 Å². The van der Waals surface area contributed by atoms with Crippen LogP contribution in [0.4, 0.5) is 20.2 Å². The number of aliphatic hydroxyl groups is 2. The number of halogens is 4. The number of alkyl halides is 2. The third-order valence-corrected chi connectivity index (χ3v) is 29.0. The van der Waals surface area contributed by atoms with E-state index >= 15 is 8.78 Å². The van der Waals surface area contributed by atoms with E-state index in [0.29, 0.717) is 67.0 Å². The summed E-state index contributed by atoms with van der Waals surface area (Å²) in [5, 5.41) is 27.4. The molecule has 4 aromatic carbocycles. The molecule has 0 aromatic heterocycles. The minimum absolute atomic E-state index is 0.0130. The summed E-state index contributed by atoms with van der Waals surface area (Å²) in [4.78, 5) is 31.5. The highest BCUT2D eigenvalue weighted by molar-refractivity contribution is 7.99. The molecule has 8 aliphatic rings. The molecular weight excluding hydrogens is 1270 g/mol. The van der Waals surface area contributed by atoms with Gasteiger partial charge in [0.05, 0.1) is 45.1 Å². The Morgan fingerprint density at radius 3 is 1.70 bits per heavy atom. The number of hydrogen-bond donors (Lipinski definition) is 5. The van der Waals surface area contributed by atoms with Crippen molar-refractivity contribution in [1.29, 1.82) is 0 Å². The normalized spacial score (nSPS) is 35.1. The van der Waals surface area contributed by atoms with Crippen molar-refractivity contribution in [3.8, 4) is 11.5 Å². The van der Waals surface area contributed by atoms with E-state index in [4.69, 9.17) is 32.7 Å². The molecule has 4 bridgehead atoms. The Labute approximate surface area is 553 Å². The number of ether oxygens (including phenoxy) is 2. The fourth-order valence-electron chi connectivity index (χ4n) is 16.4. The Balaban J connectivity index is 0.000000189. The molecule has 5 N–H and O–H groups in total. The van der Waals surface area contributed by atoms with Gasteiger partial charge >= 0.3 is 5.66 Å². The second-order valence-electron chi connectivity index (χ2n) is 29.1. The minimum Gasteiger partial charge on any atom is -0.490 e. The quantitative estimate of drug-likeness (QED) is 0.0737. The first kappa shape index (κ1) is 68.7. The van der Waals surface area contributed by atoms with Gasteiger partial charge in [0.15, 0.2) is 12.7 Å². The molecule has 4 aliphatic heterocycles. The van der Waals surface area contributed by atoms with Gasteiger partial charge in [0.25, 0.3) is 11.8 Å². The van der Waals surface area contributed by atoms with Gasteiger partial charge in [0, 0.05) is 75.4 Å². The molecule has 2 spiro atoms. The van der Waals surface area contributed by atoms with Gasteiger partial charge in [-0.3, -0.25) is 14.3 Å². The zero-order valence-corrected chi connectivity index (χ0v) is 58.3. The first-order chi connectivity index (χ1) is 43.2. The Morgan fingerprint density at radius 1 is 0.717 bits per heavy atom. The van der Waals surface area contributed by atoms with E-state index in [0.717, 1.165) is 118 Å². The molecule has 0 radical (unpaired) electrons. The third kappa shape index (κ3) is 13.1. The van der Waals surface area contributed by atoms with Gasteiger partial charge in [-0.1, -0.05) is 61.3 Å². The molecule has 1 unspecified atom stereocenters. The first-order valence-electron chi connectivity index (χ1n) is 32.8. The summed E-state index contributed by atoms with van der Waals surface area (Å²) < 4.78 is 104. The maximum atomic E-state index is 16.2. The first-order valence-corrected chi connectivity index (χ1v) is 39.5. The second-order valence-corrected chi connectivity index (χ2v) is 37.7. The van der Waals surface area contributed by atoms with E-state index in [2.05, 4.69) is 44.6 Å². The molecule has 2 amide bonds. The molecule has 502 valence electrons. The lowest BCUT2D eigenvalue weighted by atomic mass is 9.63. The number of allylic oxidation sites excluding steroid dienone is 1. The Kier molecular flexibility index (Phi) is 19.2. The van der Waals surface area contributed by atoms with E-state index in [-0.39, 0.29) is 53.0 Å². The van der Waals surface area contributed by atoms with Crippen LogP contribution in [0.1, 0.15) is 148 Å². The fourth-order valence-corrected chi connectivity index (χ4v) is 20.7. The summed E-state index contributed by atoms with van der Waals surface area (Å²) in [5.74, 6) is 2.63. The van der Waals surface area contributed by atoms with Gasteiger partial charge in [0.1, 0.15) is 11.5 Å². The number of nitrogens with zero attached hydrogens (tertiary/aromatic N) is 2. The lowest BCUT2D eigenvalue weighted by molar-refractivity contribution is -0.161. The largest absolute Gasteiger partial charge is 0.490 e. The van der Waals surface area contributed by atoms with Crippen molar-refractivity contribution in [3.63, 3.8) is 0 Å². The van der Waals surface area contributed by atoms with Crippen LogP contribution < -0.4 is 34.0 Å².